The molecule has 1 aliphatic rings. The fourth-order valence-corrected chi connectivity index (χ4v) is 3.40. The van der Waals surface area contributed by atoms with Crippen molar-refractivity contribution >= 4 is 5.69 Å². The van der Waals surface area contributed by atoms with Gasteiger partial charge >= 0.3 is 0 Å². The van der Waals surface area contributed by atoms with Crippen molar-refractivity contribution in [3.8, 4) is 0 Å². The molecule has 1 N–H and O–H groups in total. The smallest absolute Gasteiger partial charge is 0.149 e. The second-order valence-corrected chi connectivity index (χ2v) is 6.50. The number of anilines is 1. The van der Waals surface area contributed by atoms with E-state index in [9.17, 15) is 0 Å². The number of fused-ring (bicyclic) bond motifs is 1. The van der Waals surface area contributed by atoms with Crippen LogP contribution in [0.2, 0.25) is 0 Å². The average molecular weight is 334 g/mol. The van der Waals surface area contributed by atoms with E-state index >= 15 is 0 Å². The molecule has 3 aromatic rings. The Kier molecular flexibility index (Phi) is 4.41. The monoisotopic (exact) mass is 334 g/mol. The maximum atomic E-state index is 4.72. The Morgan fingerprint density at radius 2 is 2.00 bits per heavy atom. The van der Waals surface area contributed by atoms with Gasteiger partial charge in [-0.1, -0.05) is 0 Å². The van der Waals surface area contributed by atoms with E-state index in [2.05, 4.69) is 33.4 Å². The zero-order valence-corrected chi connectivity index (χ0v) is 14.4. The SMILES string of the molecule is Cc1cc(CNc2cnn(Cc3ncccn3)c2)c2c(n1)CCCC2. The molecule has 6 heteroatoms. The Morgan fingerprint density at radius 3 is 2.88 bits per heavy atom. The van der Waals surface area contributed by atoms with Gasteiger partial charge in [0.15, 0.2) is 0 Å². The van der Waals surface area contributed by atoms with Gasteiger partial charge in [-0.25, -0.2) is 9.97 Å². The highest BCUT2D eigenvalue weighted by molar-refractivity contribution is 5.42. The third-order valence-electron chi connectivity index (χ3n) is 4.56. The standard InChI is InChI=1S/C19H22N6/c1-14-9-15(17-5-2-3-6-18(17)24-14)10-22-16-11-23-25(12-16)13-19-20-7-4-8-21-19/h4,7-9,11-12,22H,2-3,5-6,10,13H2,1H3. The van der Waals surface area contributed by atoms with Gasteiger partial charge in [0.25, 0.3) is 0 Å². The average Bonchev–Trinajstić information content (AvgIpc) is 3.08. The van der Waals surface area contributed by atoms with E-state index in [4.69, 9.17) is 4.98 Å². The summed E-state index contributed by atoms with van der Waals surface area (Å²) in [4.78, 5) is 13.2. The highest BCUT2D eigenvalue weighted by Gasteiger charge is 2.15. The van der Waals surface area contributed by atoms with E-state index in [-0.39, 0.29) is 0 Å². The van der Waals surface area contributed by atoms with Crippen molar-refractivity contribution in [2.45, 2.75) is 45.7 Å². The maximum Gasteiger partial charge on any atom is 0.149 e. The van der Waals surface area contributed by atoms with E-state index in [0.29, 0.717) is 6.54 Å². The fourth-order valence-electron chi connectivity index (χ4n) is 3.40. The van der Waals surface area contributed by atoms with Gasteiger partial charge in [-0.15, -0.1) is 0 Å². The number of aryl methyl sites for hydroxylation is 2. The van der Waals surface area contributed by atoms with Gasteiger partial charge in [0, 0.05) is 36.5 Å². The minimum Gasteiger partial charge on any atom is -0.378 e. The van der Waals surface area contributed by atoms with E-state index in [1.165, 1.54) is 29.7 Å². The van der Waals surface area contributed by atoms with Gasteiger partial charge in [0.1, 0.15) is 12.4 Å². The minimum absolute atomic E-state index is 0.576. The van der Waals surface area contributed by atoms with Crippen molar-refractivity contribution in [2.75, 3.05) is 5.32 Å². The van der Waals surface area contributed by atoms with Crippen molar-refractivity contribution in [3.05, 3.63) is 65.3 Å². The van der Waals surface area contributed by atoms with E-state index < -0.39 is 0 Å². The summed E-state index contributed by atoms with van der Waals surface area (Å²) >= 11 is 0. The molecule has 1 aliphatic carbocycles. The first-order valence-corrected chi connectivity index (χ1v) is 8.78. The molecule has 25 heavy (non-hydrogen) atoms. The zero-order chi connectivity index (χ0) is 17.1. The first-order valence-electron chi connectivity index (χ1n) is 8.78. The molecule has 0 fully saturated rings. The third kappa shape index (κ3) is 3.68. The maximum absolute atomic E-state index is 4.72. The van der Waals surface area contributed by atoms with Crippen LogP contribution in [0.15, 0.2) is 36.9 Å². The number of aromatic nitrogens is 5. The van der Waals surface area contributed by atoms with Gasteiger partial charge in [0.2, 0.25) is 0 Å². The Hall–Kier alpha value is -2.76. The topological polar surface area (TPSA) is 68.5 Å². The number of hydrogen-bond acceptors (Lipinski definition) is 5. The van der Waals surface area contributed by atoms with Gasteiger partial charge < -0.3 is 5.32 Å². The van der Waals surface area contributed by atoms with Gasteiger partial charge in [-0.2, -0.15) is 5.10 Å². The van der Waals surface area contributed by atoms with Crippen LogP contribution in [0.4, 0.5) is 5.69 Å². The summed E-state index contributed by atoms with van der Waals surface area (Å²) < 4.78 is 1.85. The molecular formula is C19H22N6. The zero-order valence-electron chi connectivity index (χ0n) is 14.4. The van der Waals surface area contributed by atoms with Crippen LogP contribution in [0.3, 0.4) is 0 Å². The Bertz CT molecular complexity index is 856. The quantitative estimate of drug-likeness (QED) is 0.777. The summed E-state index contributed by atoms with van der Waals surface area (Å²) in [6.45, 7) is 3.46. The molecule has 0 bridgehead atoms. The van der Waals surface area contributed by atoms with Crippen molar-refractivity contribution in [2.24, 2.45) is 0 Å². The van der Waals surface area contributed by atoms with Gasteiger partial charge in [-0.05, 0) is 55.9 Å². The van der Waals surface area contributed by atoms with Crippen LogP contribution >= 0.6 is 0 Å². The molecule has 0 spiro atoms. The van der Waals surface area contributed by atoms with Crippen molar-refractivity contribution < 1.29 is 0 Å². The summed E-state index contributed by atoms with van der Waals surface area (Å²) in [5, 5.41) is 7.88. The van der Waals surface area contributed by atoms with Crippen LogP contribution in [-0.4, -0.2) is 24.7 Å². The molecule has 3 heterocycles. The van der Waals surface area contributed by atoms with E-state index in [0.717, 1.165) is 36.6 Å². The fraction of sp³-hybridized carbons (Fsp3) is 0.368. The second kappa shape index (κ2) is 7.01. The molecule has 0 unspecified atom stereocenters. The van der Waals surface area contributed by atoms with Crippen LogP contribution in [0.5, 0.6) is 0 Å². The van der Waals surface area contributed by atoms with Crippen LogP contribution < -0.4 is 5.32 Å². The Labute approximate surface area is 147 Å². The number of rotatable bonds is 5. The van der Waals surface area contributed by atoms with E-state index in [1.807, 2.05) is 23.1 Å². The predicted octanol–water partition coefficient (Wildman–Crippen LogP) is 2.92. The molecule has 0 radical (unpaired) electrons. The highest BCUT2D eigenvalue weighted by Crippen LogP contribution is 2.24. The lowest BCUT2D eigenvalue weighted by Gasteiger charge is -2.19. The van der Waals surface area contributed by atoms with Crippen molar-refractivity contribution in [1.29, 1.82) is 0 Å². The molecule has 0 amide bonds. The van der Waals surface area contributed by atoms with E-state index in [1.54, 1.807) is 12.4 Å². The Balaban J connectivity index is 1.45. The minimum atomic E-state index is 0.576. The lowest BCUT2D eigenvalue weighted by atomic mass is 9.91. The first-order chi connectivity index (χ1) is 12.3. The number of hydrogen-bond donors (Lipinski definition) is 1. The molecule has 0 saturated carbocycles. The lowest BCUT2D eigenvalue weighted by Crippen LogP contribution is -2.12. The molecule has 0 saturated heterocycles. The molecule has 3 aromatic heterocycles. The van der Waals surface area contributed by atoms with Crippen molar-refractivity contribution in [1.82, 2.24) is 24.7 Å². The third-order valence-corrected chi connectivity index (χ3v) is 4.56. The number of nitrogens with zero attached hydrogens (tertiary/aromatic N) is 5. The molecule has 6 nitrogen and oxygen atoms in total. The summed E-state index contributed by atoms with van der Waals surface area (Å²) in [5.41, 5.74) is 6.21. The summed E-state index contributed by atoms with van der Waals surface area (Å²) in [7, 11) is 0. The molecule has 0 aliphatic heterocycles. The van der Waals surface area contributed by atoms with Gasteiger partial charge in [-0.3, -0.25) is 9.67 Å². The van der Waals surface area contributed by atoms with Crippen LogP contribution in [0.1, 0.15) is 41.2 Å². The largest absolute Gasteiger partial charge is 0.378 e. The Morgan fingerprint density at radius 1 is 1.16 bits per heavy atom. The second-order valence-electron chi connectivity index (χ2n) is 6.50. The van der Waals surface area contributed by atoms with Crippen LogP contribution in [0.25, 0.3) is 0 Å². The first kappa shape index (κ1) is 15.7. The molecule has 128 valence electrons. The summed E-state index contributed by atoms with van der Waals surface area (Å²) in [6.07, 6.45) is 12.1. The molecule has 0 atom stereocenters. The number of pyridine rings is 1. The van der Waals surface area contributed by atoms with Crippen molar-refractivity contribution in [3.63, 3.8) is 0 Å². The van der Waals surface area contributed by atoms with Gasteiger partial charge in [0.05, 0.1) is 11.9 Å². The lowest BCUT2D eigenvalue weighted by molar-refractivity contribution is 0.655. The molecule has 4 rings (SSSR count). The molecular weight excluding hydrogens is 312 g/mol. The number of nitrogens with one attached hydrogen (secondary N) is 1. The van der Waals surface area contributed by atoms with Crippen LogP contribution in [0, 0.1) is 6.92 Å². The molecule has 0 aromatic carbocycles. The predicted molar refractivity (Wildman–Crippen MR) is 96.3 cm³/mol. The highest BCUT2D eigenvalue weighted by atomic mass is 15.3. The van der Waals surface area contributed by atoms with Crippen LogP contribution in [-0.2, 0) is 25.9 Å². The summed E-state index contributed by atoms with van der Waals surface area (Å²) in [6, 6.07) is 4.02. The summed E-state index contributed by atoms with van der Waals surface area (Å²) in [5.74, 6) is 0.760. The normalized spacial score (nSPS) is 13.5.